The van der Waals surface area contributed by atoms with Gasteiger partial charge < -0.3 is 14.5 Å². The molecule has 0 N–H and O–H groups in total. The average Bonchev–Trinajstić information content (AvgIpc) is 3.30. The summed E-state index contributed by atoms with van der Waals surface area (Å²) in [5.41, 5.74) is 0.464. The molecule has 2 aromatic rings. The van der Waals surface area contributed by atoms with Gasteiger partial charge in [0.2, 0.25) is 0 Å². The molecular weight excluding hydrogens is 452 g/mol. The van der Waals surface area contributed by atoms with Crippen molar-refractivity contribution in [2.45, 2.75) is 104 Å². The molecule has 3 heterocycles. The Morgan fingerprint density at radius 2 is 1.44 bits per heavy atom. The van der Waals surface area contributed by atoms with Gasteiger partial charge in [0, 0.05) is 38.8 Å². The van der Waals surface area contributed by atoms with Crippen LogP contribution in [0.2, 0.25) is 0 Å². The van der Waals surface area contributed by atoms with E-state index in [2.05, 4.69) is 33.7 Å². The van der Waals surface area contributed by atoms with Crippen LogP contribution in [0.5, 0.6) is 0 Å². The fourth-order valence-electron chi connectivity index (χ4n) is 4.95. The van der Waals surface area contributed by atoms with Gasteiger partial charge in [-0.1, -0.05) is 84.0 Å². The number of anilines is 1. The summed E-state index contributed by atoms with van der Waals surface area (Å²) in [5.74, 6) is 1.77. The summed E-state index contributed by atoms with van der Waals surface area (Å²) in [7, 11) is 2.12. The first-order valence-electron chi connectivity index (χ1n) is 14.5. The van der Waals surface area contributed by atoms with Gasteiger partial charge in [-0.25, -0.2) is 9.78 Å². The molecule has 0 saturated carbocycles. The zero-order valence-corrected chi connectivity index (χ0v) is 23.0. The van der Waals surface area contributed by atoms with E-state index in [-0.39, 0.29) is 5.97 Å². The van der Waals surface area contributed by atoms with Gasteiger partial charge in [-0.05, 0) is 20.4 Å². The number of aryl methyl sites for hydroxylation is 1. The molecule has 0 aromatic carbocycles. The van der Waals surface area contributed by atoms with Crippen LogP contribution in [0.4, 0.5) is 5.82 Å². The highest BCUT2D eigenvalue weighted by molar-refractivity contribution is 5.95. The highest BCUT2D eigenvalue weighted by Crippen LogP contribution is 2.23. The number of unbranched alkanes of at least 4 members (excludes halogenated alkanes) is 12. The Balaban J connectivity index is 1.46. The summed E-state index contributed by atoms with van der Waals surface area (Å²) >= 11 is 0. The topological polar surface area (TPSA) is 75.9 Å². The summed E-state index contributed by atoms with van der Waals surface area (Å²) in [6, 6.07) is 0. The standard InChI is InChI=1S/C28H48N6O2/c1-4-6-7-8-9-10-11-12-13-14-15-16-17-18-25-30-28-29-23-24(27(35)36-5-2)26(34(28)31-25)33-21-19-32(3)20-22-33/h23H,4-22H2,1-3H3. The molecule has 36 heavy (non-hydrogen) atoms. The molecule has 8 heteroatoms. The van der Waals surface area contributed by atoms with Gasteiger partial charge in [0.15, 0.2) is 11.6 Å². The number of aromatic nitrogens is 4. The molecule has 3 rings (SSSR count). The molecule has 1 aliphatic heterocycles. The lowest BCUT2D eigenvalue weighted by Gasteiger charge is -2.34. The lowest BCUT2D eigenvalue weighted by atomic mass is 10.0. The van der Waals surface area contributed by atoms with Crippen molar-refractivity contribution in [2.24, 2.45) is 0 Å². The Hall–Kier alpha value is -2.22. The SMILES string of the molecule is CCCCCCCCCCCCCCCc1nc2ncc(C(=O)OCC)c(N3CCN(C)CC3)n2n1. The van der Waals surface area contributed by atoms with Crippen molar-refractivity contribution in [3.05, 3.63) is 17.6 Å². The third-order valence-corrected chi connectivity index (χ3v) is 7.19. The summed E-state index contributed by atoms with van der Waals surface area (Å²) in [4.78, 5) is 26.3. The van der Waals surface area contributed by atoms with Gasteiger partial charge in [-0.2, -0.15) is 9.50 Å². The summed E-state index contributed by atoms with van der Waals surface area (Å²) in [6.45, 7) is 7.97. The van der Waals surface area contributed by atoms with E-state index in [0.717, 1.165) is 50.7 Å². The molecule has 0 bridgehead atoms. The Morgan fingerprint density at radius 1 is 0.861 bits per heavy atom. The molecule has 0 unspecified atom stereocenters. The van der Waals surface area contributed by atoms with E-state index in [1.54, 1.807) is 10.7 Å². The summed E-state index contributed by atoms with van der Waals surface area (Å²) in [6.07, 6.45) is 19.9. The number of nitrogens with zero attached hydrogens (tertiary/aromatic N) is 6. The number of rotatable bonds is 17. The van der Waals surface area contributed by atoms with Crippen LogP contribution < -0.4 is 4.90 Å². The summed E-state index contributed by atoms with van der Waals surface area (Å²) in [5, 5.41) is 4.78. The number of fused-ring (bicyclic) bond motifs is 1. The second-order valence-corrected chi connectivity index (χ2v) is 10.2. The fourth-order valence-corrected chi connectivity index (χ4v) is 4.95. The predicted molar refractivity (Wildman–Crippen MR) is 146 cm³/mol. The van der Waals surface area contributed by atoms with E-state index in [4.69, 9.17) is 9.84 Å². The maximum atomic E-state index is 12.7. The number of hydrogen-bond donors (Lipinski definition) is 0. The third kappa shape index (κ3) is 8.71. The number of carbonyl (C=O) groups is 1. The van der Waals surface area contributed by atoms with Gasteiger partial charge in [-0.15, -0.1) is 5.10 Å². The highest BCUT2D eigenvalue weighted by Gasteiger charge is 2.26. The maximum Gasteiger partial charge on any atom is 0.343 e. The van der Waals surface area contributed by atoms with Crippen LogP contribution in [-0.4, -0.2) is 70.3 Å². The van der Waals surface area contributed by atoms with Crippen molar-refractivity contribution < 1.29 is 9.53 Å². The van der Waals surface area contributed by atoms with Gasteiger partial charge in [0.25, 0.3) is 5.78 Å². The molecule has 0 atom stereocenters. The Bertz CT molecular complexity index is 907. The van der Waals surface area contributed by atoms with E-state index in [1.165, 1.54) is 77.0 Å². The molecule has 0 aliphatic carbocycles. The number of carbonyl (C=O) groups excluding carboxylic acids is 1. The third-order valence-electron chi connectivity index (χ3n) is 7.19. The molecule has 0 amide bonds. The molecule has 8 nitrogen and oxygen atoms in total. The zero-order chi connectivity index (χ0) is 25.6. The first-order valence-corrected chi connectivity index (χ1v) is 14.5. The Kier molecular flexibility index (Phi) is 12.4. The largest absolute Gasteiger partial charge is 0.462 e. The van der Waals surface area contributed by atoms with E-state index >= 15 is 0 Å². The second-order valence-electron chi connectivity index (χ2n) is 10.2. The van der Waals surface area contributed by atoms with Crippen molar-refractivity contribution in [2.75, 3.05) is 44.7 Å². The Morgan fingerprint density at radius 3 is 2.03 bits per heavy atom. The zero-order valence-electron chi connectivity index (χ0n) is 23.0. The first-order chi connectivity index (χ1) is 17.6. The van der Waals surface area contributed by atoms with Crippen molar-refractivity contribution >= 4 is 17.6 Å². The molecule has 1 aliphatic rings. The van der Waals surface area contributed by atoms with Crippen LogP contribution in [0.15, 0.2) is 6.20 Å². The number of hydrogen-bond acceptors (Lipinski definition) is 7. The van der Waals surface area contributed by atoms with Gasteiger partial charge in [0.05, 0.1) is 6.61 Å². The molecule has 0 radical (unpaired) electrons. The van der Waals surface area contributed by atoms with E-state index in [0.29, 0.717) is 17.9 Å². The van der Waals surface area contributed by atoms with Gasteiger partial charge >= 0.3 is 5.97 Å². The molecular formula is C28H48N6O2. The van der Waals surface area contributed by atoms with Crippen LogP contribution >= 0.6 is 0 Å². The minimum Gasteiger partial charge on any atom is -0.462 e. The number of likely N-dealkylation sites (N-methyl/N-ethyl adjacent to an activating group) is 1. The second kappa shape index (κ2) is 15.8. The van der Waals surface area contributed by atoms with Crippen LogP contribution in [-0.2, 0) is 11.2 Å². The van der Waals surface area contributed by atoms with Crippen molar-refractivity contribution in [3.63, 3.8) is 0 Å². The number of piperazine rings is 1. The van der Waals surface area contributed by atoms with Crippen LogP contribution in [0.1, 0.15) is 114 Å². The van der Waals surface area contributed by atoms with Crippen molar-refractivity contribution in [3.8, 4) is 0 Å². The minimum atomic E-state index is -0.352. The number of ether oxygens (including phenoxy) is 1. The minimum absolute atomic E-state index is 0.334. The lowest BCUT2D eigenvalue weighted by molar-refractivity contribution is 0.0525. The monoisotopic (exact) mass is 500 g/mol. The molecule has 1 saturated heterocycles. The average molecular weight is 501 g/mol. The van der Waals surface area contributed by atoms with Crippen LogP contribution in [0.3, 0.4) is 0 Å². The van der Waals surface area contributed by atoms with Crippen LogP contribution in [0.25, 0.3) is 5.78 Å². The quantitative estimate of drug-likeness (QED) is 0.204. The normalized spacial score (nSPS) is 14.6. The smallest absolute Gasteiger partial charge is 0.343 e. The van der Waals surface area contributed by atoms with Crippen LogP contribution in [0, 0.1) is 0 Å². The number of esters is 1. The van der Waals surface area contributed by atoms with E-state index < -0.39 is 0 Å². The fraction of sp³-hybridized carbons (Fsp3) is 0.786. The maximum absolute atomic E-state index is 12.7. The molecule has 0 spiro atoms. The molecule has 1 fully saturated rings. The first kappa shape index (κ1) is 28.4. The predicted octanol–water partition coefficient (Wildman–Crippen LogP) is 5.69. The molecule has 2 aromatic heterocycles. The van der Waals surface area contributed by atoms with E-state index in [9.17, 15) is 4.79 Å². The van der Waals surface area contributed by atoms with Gasteiger partial charge in [0.1, 0.15) is 5.56 Å². The molecule has 202 valence electrons. The Labute approximate surface area is 217 Å². The summed E-state index contributed by atoms with van der Waals surface area (Å²) < 4.78 is 7.07. The highest BCUT2D eigenvalue weighted by atomic mass is 16.5. The van der Waals surface area contributed by atoms with E-state index in [1.807, 2.05) is 6.92 Å². The van der Waals surface area contributed by atoms with Crippen molar-refractivity contribution in [1.29, 1.82) is 0 Å². The lowest BCUT2D eigenvalue weighted by Crippen LogP contribution is -2.45. The van der Waals surface area contributed by atoms with Crippen molar-refractivity contribution in [1.82, 2.24) is 24.5 Å². The van der Waals surface area contributed by atoms with Gasteiger partial charge in [-0.3, -0.25) is 0 Å².